The number of nitrogens with zero attached hydrogens (tertiary/aromatic N) is 1. The van der Waals surface area contributed by atoms with Gasteiger partial charge >= 0.3 is 0 Å². The van der Waals surface area contributed by atoms with E-state index in [4.69, 9.17) is 10.5 Å². The minimum atomic E-state index is -0.0280. The predicted octanol–water partition coefficient (Wildman–Crippen LogP) is 0.931. The van der Waals surface area contributed by atoms with Crippen LogP contribution >= 0.6 is 0 Å². The average molecular weight is 156 g/mol. The first-order valence-corrected chi connectivity index (χ1v) is 3.99. The van der Waals surface area contributed by atoms with E-state index in [1.54, 1.807) is 7.11 Å². The van der Waals surface area contributed by atoms with Crippen molar-refractivity contribution in [1.82, 2.24) is 0 Å². The van der Waals surface area contributed by atoms with Crippen LogP contribution < -0.4 is 5.73 Å². The van der Waals surface area contributed by atoms with Crippen molar-refractivity contribution in [1.29, 1.82) is 0 Å². The van der Waals surface area contributed by atoms with Crippen LogP contribution in [0.3, 0.4) is 0 Å². The highest BCUT2D eigenvalue weighted by atomic mass is 16.5. The average Bonchev–Trinajstić information content (AvgIpc) is 2.63. The standard InChI is InChI=1S/C8H16N2O/c1-4-7(9)10-6-5-8(6,2)11-3/h6H,4-5H2,1-3H3,(H2,9,10)/t6-,8+/m1/s1. The quantitative estimate of drug-likeness (QED) is 0.488. The maximum Gasteiger partial charge on any atom is 0.0939 e. The summed E-state index contributed by atoms with van der Waals surface area (Å²) in [6, 6.07) is 0.299. The number of aliphatic imine (C=N–C) groups is 1. The number of ether oxygens (including phenoxy) is 1. The van der Waals surface area contributed by atoms with E-state index in [0.717, 1.165) is 18.7 Å². The Labute approximate surface area is 67.6 Å². The van der Waals surface area contributed by atoms with Crippen LogP contribution in [-0.4, -0.2) is 24.6 Å². The molecule has 0 radical (unpaired) electrons. The summed E-state index contributed by atoms with van der Waals surface area (Å²) < 4.78 is 5.24. The summed E-state index contributed by atoms with van der Waals surface area (Å²) in [6.07, 6.45) is 1.83. The molecular weight excluding hydrogens is 140 g/mol. The van der Waals surface area contributed by atoms with Gasteiger partial charge < -0.3 is 10.5 Å². The van der Waals surface area contributed by atoms with Gasteiger partial charge in [0.05, 0.1) is 17.5 Å². The summed E-state index contributed by atoms with van der Waals surface area (Å²) in [5.41, 5.74) is 5.56. The Morgan fingerprint density at radius 2 is 2.45 bits per heavy atom. The number of amidine groups is 1. The molecule has 0 saturated heterocycles. The van der Waals surface area contributed by atoms with Gasteiger partial charge in [-0.25, -0.2) is 0 Å². The van der Waals surface area contributed by atoms with Crippen molar-refractivity contribution in [3.05, 3.63) is 0 Å². The third-order valence-electron chi connectivity index (χ3n) is 2.29. The largest absolute Gasteiger partial charge is 0.387 e. The highest BCUT2D eigenvalue weighted by molar-refractivity contribution is 5.80. The SMILES string of the molecule is CCC(N)=N[C@@H]1C[C@]1(C)OC. The van der Waals surface area contributed by atoms with Crippen LogP contribution in [0.1, 0.15) is 26.7 Å². The summed E-state index contributed by atoms with van der Waals surface area (Å²) in [7, 11) is 1.72. The molecule has 1 aliphatic carbocycles. The molecule has 1 fully saturated rings. The highest BCUT2D eigenvalue weighted by Gasteiger charge is 2.51. The fraction of sp³-hybridized carbons (Fsp3) is 0.875. The van der Waals surface area contributed by atoms with Crippen LogP contribution in [0.5, 0.6) is 0 Å². The second-order valence-corrected chi connectivity index (χ2v) is 3.21. The first kappa shape index (κ1) is 8.53. The lowest BCUT2D eigenvalue weighted by Gasteiger charge is -2.05. The molecule has 2 N–H and O–H groups in total. The number of hydrogen-bond acceptors (Lipinski definition) is 2. The van der Waals surface area contributed by atoms with E-state index < -0.39 is 0 Å². The minimum Gasteiger partial charge on any atom is -0.387 e. The molecule has 0 heterocycles. The second-order valence-electron chi connectivity index (χ2n) is 3.21. The topological polar surface area (TPSA) is 47.6 Å². The maximum atomic E-state index is 5.58. The molecule has 11 heavy (non-hydrogen) atoms. The predicted molar refractivity (Wildman–Crippen MR) is 45.7 cm³/mol. The molecule has 0 aliphatic heterocycles. The Bertz CT molecular complexity index is 179. The Kier molecular flexibility index (Phi) is 2.18. The fourth-order valence-electron chi connectivity index (χ4n) is 1.02. The van der Waals surface area contributed by atoms with Crippen molar-refractivity contribution in [3.63, 3.8) is 0 Å². The minimum absolute atomic E-state index is 0.0280. The third-order valence-corrected chi connectivity index (χ3v) is 2.29. The highest BCUT2D eigenvalue weighted by Crippen LogP contribution is 2.41. The summed E-state index contributed by atoms with van der Waals surface area (Å²) in [5.74, 6) is 0.732. The van der Waals surface area contributed by atoms with Gasteiger partial charge in [0.2, 0.25) is 0 Å². The molecule has 3 heteroatoms. The number of rotatable bonds is 3. The van der Waals surface area contributed by atoms with Crippen molar-refractivity contribution in [3.8, 4) is 0 Å². The van der Waals surface area contributed by atoms with Crippen molar-refractivity contribution in [2.45, 2.75) is 38.3 Å². The summed E-state index contributed by atoms with van der Waals surface area (Å²) in [4.78, 5) is 4.30. The van der Waals surface area contributed by atoms with E-state index in [0.29, 0.717) is 6.04 Å². The van der Waals surface area contributed by atoms with Crippen molar-refractivity contribution < 1.29 is 4.74 Å². The van der Waals surface area contributed by atoms with Gasteiger partial charge in [-0.15, -0.1) is 0 Å². The van der Waals surface area contributed by atoms with E-state index in [-0.39, 0.29) is 5.60 Å². The molecular formula is C8H16N2O. The first-order valence-electron chi connectivity index (χ1n) is 3.99. The van der Waals surface area contributed by atoms with Crippen LogP contribution in [0.2, 0.25) is 0 Å². The zero-order valence-corrected chi connectivity index (χ0v) is 7.42. The van der Waals surface area contributed by atoms with Gasteiger partial charge in [0.25, 0.3) is 0 Å². The molecule has 0 bridgehead atoms. The van der Waals surface area contributed by atoms with Gasteiger partial charge in [-0.3, -0.25) is 4.99 Å². The number of methoxy groups -OCH3 is 1. The molecule has 64 valence electrons. The van der Waals surface area contributed by atoms with Crippen LogP contribution in [0, 0.1) is 0 Å². The second kappa shape index (κ2) is 2.81. The van der Waals surface area contributed by atoms with Gasteiger partial charge in [0.15, 0.2) is 0 Å². The van der Waals surface area contributed by atoms with Crippen molar-refractivity contribution in [2.24, 2.45) is 10.7 Å². The van der Waals surface area contributed by atoms with Crippen molar-refractivity contribution >= 4 is 5.84 Å². The van der Waals surface area contributed by atoms with E-state index in [2.05, 4.69) is 11.9 Å². The molecule has 0 spiro atoms. The molecule has 0 aromatic carbocycles. The van der Waals surface area contributed by atoms with Crippen LogP contribution in [-0.2, 0) is 4.74 Å². The Morgan fingerprint density at radius 1 is 1.82 bits per heavy atom. The van der Waals surface area contributed by atoms with Crippen molar-refractivity contribution in [2.75, 3.05) is 7.11 Å². The number of hydrogen-bond donors (Lipinski definition) is 1. The lowest BCUT2D eigenvalue weighted by molar-refractivity contribution is 0.0919. The van der Waals surface area contributed by atoms with Crippen LogP contribution in [0.4, 0.5) is 0 Å². The van der Waals surface area contributed by atoms with Gasteiger partial charge in [-0.05, 0) is 6.92 Å². The summed E-state index contributed by atoms with van der Waals surface area (Å²) in [6.45, 7) is 4.06. The Hall–Kier alpha value is -0.570. The molecule has 1 saturated carbocycles. The van der Waals surface area contributed by atoms with E-state index in [9.17, 15) is 0 Å². The Balaban J connectivity index is 2.44. The summed E-state index contributed by atoms with van der Waals surface area (Å²) in [5, 5.41) is 0. The fourth-order valence-corrected chi connectivity index (χ4v) is 1.02. The molecule has 0 aromatic rings. The van der Waals surface area contributed by atoms with Crippen LogP contribution in [0.25, 0.3) is 0 Å². The van der Waals surface area contributed by atoms with Crippen LogP contribution in [0.15, 0.2) is 4.99 Å². The lowest BCUT2D eigenvalue weighted by atomic mass is 10.4. The molecule has 1 rings (SSSR count). The lowest BCUT2D eigenvalue weighted by Crippen LogP contribution is -2.15. The molecule has 1 aliphatic rings. The van der Waals surface area contributed by atoms with E-state index in [1.807, 2.05) is 6.92 Å². The molecule has 3 nitrogen and oxygen atoms in total. The molecule has 2 atom stereocenters. The van der Waals surface area contributed by atoms with Gasteiger partial charge in [-0.1, -0.05) is 6.92 Å². The normalized spacial score (nSPS) is 37.4. The molecule has 0 aromatic heterocycles. The monoisotopic (exact) mass is 156 g/mol. The van der Waals surface area contributed by atoms with Gasteiger partial charge in [0.1, 0.15) is 0 Å². The Morgan fingerprint density at radius 3 is 2.82 bits per heavy atom. The zero-order valence-electron chi connectivity index (χ0n) is 7.42. The maximum absolute atomic E-state index is 5.58. The number of nitrogens with two attached hydrogens (primary N) is 1. The van der Waals surface area contributed by atoms with Gasteiger partial charge in [0, 0.05) is 20.0 Å². The smallest absolute Gasteiger partial charge is 0.0939 e. The van der Waals surface area contributed by atoms with Gasteiger partial charge in [-0.2, -0.15) is 0 Å². The van der Waals surface area contributed by atoms with E-state index >= 15 is 0 Å². The van der Waals surface area contributed by atoms with E-state index in [1.165, 1.54) is 0 Å². The first-order chi connectivity index (χ1) is 5.12. The molecule has 0 unspecified atom stereocenters. The molecule has 0 amide bonds. The summed E-state index contributed by atoms with van der Waals surface area (Å²) >= 11 is 0. The zero-order chi connectivity index (χ0) is 8.48. The third kappa shape index (κ3) is 1.71.